The van der Waals surface area contributed by atoms with E-state index in [0.29, 0.717) is 21.4 Å². The minimum atomic E-state index is 0.0690. The number of thioether (sulfide) groups is 1. The van der Waals surface area contributed by atoms with Gasteiger partial charge in [0.25, 0.3) is 0 Å². The zero-order chi connectivity index (χ0) is 13.7. The van der Waals surface area contributed by atoms with E-state index < -0.39 is 0 Å². The number of halogens is 2. The number of carbonyl (C=O) groups is 1. The number of benzene rings is 2. The van der Waals surface area contributed by atoms with Gasteiger partial charge < -0.3 is 0 Å². The summed E-state index contributed by atoms with van der Waals surface area (Å²) in [5.41, 5.74) is 1.82. The monoisotopic (exact) mass is 310 g/mol. The molecule has 98 valence electrons. The van der Waals surface area contributed by atoms with Gasteiger partial charge >= 0.3 is 0 Å². The molecule has 2 aromatic rings. The molecule has 0 radical (unpaired) electrons. The highest BCUT2D eigenvalue weighted by atomic mass is 35.5. The van der Waals surface area contributed by atoms with Crippen LogP contribution in [0.2, 0.25) is 10.0 Å². The Morgan fingerprint density at radius 1 is 1.00 bits per heavy atom. The summed E-state index contributed by atoms with van der Waals surface area (Å²) in [6.45, 7) is 0. The minimum Gasteiger partial charge on any atom is -0.293 e. The molecular weight excluding hydrogens is 299 g/mol. The van der Waals surface area contributed by atoms with Gasteiger partial charge in [0.2, 0.25) is 0 Å². The molecule has 0 saturated carbocycles. The van der Waals surface area contributed by atoms with Crippen molar-refractivity contribution in [2.75, 3.05) is 5.75 Å². The summed E-state index contributed by atoms with van der Waals surface area (Å²) in [6, 6.07) is 15.1. The number of ketones is 1. The second-order valence-electron chi connectivity index (χ2n) is 4.03. The van der Waals surface area contributed by atoms with Crippen LogP contribution in [0.25, 0.3) is 0 Å². The van der Waals surface area contributed by atoms with Crippen LogP contribution >= 0.6 is 35.0 Å². The number of rotatable bonds is 5. The highest BCUT2D eigenvalue weighted by Crippen LogP contribution is 2.23. The topological polar surface area (TPSA) is 17.1 Å². The van der Waals surface area contributed by atoms with Gasteiger partial charge in [-0.3, -0.25) is 4.79 Å². The van der Waals surface area contributed by atoms with Crippen molar-refractivity contribution < 1.29 is 4.79 Å². The van der Waals surface area contributed by atoms with Crippen LogP contribution in [0.15, 0.2) is 48.5 Å². The van der Waals surface area contributed by atoms with E-state index in [0.717, 1.165) is 5.75 Å². The molecule has 0 bridgehead atoms. The molecule has 0 amide bonds. The molecule has 0 spiro atoms. The van der Waals surface area contributed by atoms with E-state index in [2.05, 4.69) is 12.1 Å². The maximum atomic E-state index is 12.0. The largest absolute Gasteiger partial charge is 0.293 e. The zero-order valence-electron chi connectivity index (χ0n) is 10.1. The van der Waals surface area contributed by atoms with Gasteiger partial charge in [0.15, 0.2) is 5.78 Å². The summed E-state index contributed by atoms with van der Waals surface area (Å²) in [6.07, 6.45) is 0. The Morgan fingerprint density at radius 3 is 2.42 bits per heavy atom. The highest BCUT2D eigenvalue weighted by Gasteiger charge is 2.08. The van der Waals surface area contributed by atoms with E-state index in [9.17, 15) is 4.79 Å². The average Bonchev–Trinajstić information content (AvgIpc) is 2.43. The molecule has 0 N–H and O–H groups in total. The van der Waals surface area contributed by atoms with Crippen molar-refractivity contribution in [3.05, 3.63) is 69.7 Å². The molecule has 2 aromatic carbocycles. The lowest BCUT2D eigenvalue weighted by atomic mass is 10.1. The standard InChI is InChI=1S/C15H12Cl2OS/c16-13-7-6-12(8-14(13)17)15(18)10-19-9-11-4-2-1-3-5-11/h1-8H,9-10H2. The lowest BCUT2D eigenvalue weighted by molar-refractivity contribution is 0.102. The molecule has 0 aromatic heterocycles. The SMILES string of the molecule is O=C(CSCc1ccccc1)c1ccc(Cl)c(Cl)c1. The summed E-state index contributed by atoms with van der Waals surface area (Å²) in [5, 5.41) is 0.885. The van der Waals surface area contributed by atoms with Gasteiger partial charge in [0.05, 0.1) is 15.8 Å². The first-order chi connectivity index (χ1) is 9.16. The first kappa shape index (κ1) is 14.4. The first-order valence-electron chi connectivity index (χ1n) is 5.77. The van der Waals surface area contributed by atoms with Crippen LogP contribution in [-0.2, 0) is 5.75 Å². The molecule has 2 rings (SSSR count). The molecule has 0 aliphatic rings. The fourth-order valence-electron chi connectivity index (χ4n) is 1.59. The first-order valence-corrected chi connectivity index (χ1v) is 7.68. The molecule has 0 unspecified atom stereocenters. The summed E-state index contributed by atoms with van der Waals surface area (Å²) < 4.78 is 0. The van der Waals surface area contributed by atoms with Crippen LogP contribution in [0, 0.1) is 0 Å². The number of hydrogen-bond donors (Lipinski definition) is 0. The van der Waals surface area contributed by atoms with E-state index >= 15 is 0 Å². The van der Waals surface area contributed by atoms with E-state index in [4.69, 9.17) is 23.2 Å². The molecule has 0 aliphatic carbocycles. The van der Waals surface area contributed by atoms with Crippen molar-refractivity contribution in [2.24, 2.45) is 0 Å². The summed E-state index contributed by atoms with van der Waals surface area (Å²) >= 11 is 13.3. The van der Waals surface area contributed by atoms with Gasteiger partial charge in [-0.25, -0.2) is 0 Å². The van der Waals surface area contributed by atoms with Crippen LogP contribution < -0.4 is 0 Å². The number of hydrogen-bond acceptors (Lipinski definition) is 2. The van der Waals surface area contributed by atoms with Gasteiger partial charge in [-0.05, 0) is 23.8 Å². The third-order valence-corrected chi connectivity index (χ3v) is 4.33. The maximum absolute atomic E-state index is 12.0. The third-order valence-electron chi connectivity index (χ3n) is 2.59. The minimum absolute atomic E-state index is 0.0690. The van der Waals surface area contributed by atoms with E-state index in [-0.39, 0.29) is 5.78 Å². The molecule has 1 nitrogen and oxygen atoms in total. The van der Waals surface area contributed by atoms with Crippen molar-refractivity contribution in [1.82, 2.24) is 0 Å². The smallest absolute Gasteiger partial charge is 0.172 e. The van der Waals surface area contributed by atoms with Crippen molar-refractivity contribution in [3.63, 3.8) is 0 Å². The van der Waals surface area contributed by atoms with Crippen molar-refractivity contribution in [2.45, 2.75) is 5.75 Å². The Hall–Kier alpha value is -0.960. The highest BCUT2D eigenvalue weighted by molar-refractivity contribution is 7.99. The Morgan fingerprint density at radius 2 is 1.74 bits per heavy atom. The Kier molecular flexibility index (Phi) is 5.32. The van der Waals surface area contributed by atoms with Crippen LogP contribution in [-0.4, -0.2) is 11.5 Å². The van der Waals surface area contributed by atoms with E-state index in [1.807, 2.05) is 18.2 Å². The fourth-order valence-corrected chi connectivity index (χ4v) is 2.77. The number of carbonyl (C=O) groups excluding carboxylic acids is 1. The summed E-state index contributed by atoms with van der Waals surface area (Å²) in [7, 11) is 0. The Balaban J connectivity index is 1.89. The molecule has 0 aliphatic heterocycles. The van der Waals surface area contributed by atoms with Gasteiger partial charge in [-0.2, -0.15) is 0 Å². The molecule has 0 heterocycles. The quantitative estimate of drug-likeness (QED) is 0.714. The van der Waals surface area contributed by atoms with Gasteiger partial charge in [0, 0.05) is 11.3 Å². The maximum Gasteiger partial charge on any atom is 0.172 e. The summed E-state index contributed by atoms with van der Waals surface area (Å²) in [4.78, 5) is 12.0. The molecule has 19 heavy (non-hydrogen) atoms. The lowest BCUT2D eigenvalue weighted by Crippen LogP contribution is -2.02. The second kappa shape index (κ2) is 6.99. The summed E-state index contributed by atoms with van der Waals surface area (Å²) in [5.74, 6) is 1.33. The van der Waals surface area contributed by atoms with Crippen LogP contribution in [0.3, 0.4) is 0 Å². The molecular formula is C15H12Cl2OS. The zero-order valence-corrected chi connectivity index (χ0v) is 12.4. The van der Waals surface area contributed by atoms with Gasteiger partial charge in [0.1, 0.15) is 0 Å². The lowest BCUT2D eigenvalue weighted by Gasteiger charge is -2.03. The van der Waals surface area contributed by atoms with Crippen LogP contribution in [0.4, 0.5) is 0 Å². The molecule has 0 saturated heterocycles. The Labute approximate surface area is 126 Å². The second-order valence-corrected chi connectivity index (χ2v) is 5.83. The molecule has 4 heteroatoms. The number of Topliss-reactive ketones (excluding diaryl/α,β-unsaturated/α-hetero) is 1. The molecule has 0 atom stereocenters. The predicted octanol–water partition coefficient (Wildman–Crippen LogP) is 5.11. The molecule has 0 fully saturated rings. The van der Waals surface area contributed by atoms with E-state index in [1.165, 1.54) is 5.56 Å². The van der Waals surface area contributed by atoms with Crippen molar-refractivity contribution in [3.8, 4) is 0 Å². The van der Waals surface area contributed by atoms with Crippen molar-refractivity contribution >= 4 is 40.7 Å². The fraction of sp³-hybridized carbons (Fsp3) is 0.133. The van der Waals surface area contributed by atoms with E-state index in [1.54, 1.807) is 30.0 Å². The van der Waals surface area contributed by atoms with Crippen LogP contribution in [0.1, 0.15) is 15.9 Å². The van der Waals surface area contributed by atoms with Gasteiger partial charge in [-0.1, -0.05) is 53.5 Å². The van der Waals surface area contributed by atoms with Gasteiger partial charge in [-0.15, -0.1) is 11.8 Å². The van der Waals surface area contributed by atoms with Crippen molar-refractivity contribution in [1.29, 1.82) is 0 Å². The Bertz CT molecular complexity index is 570. The average molecular weight is 311 g/mol. The predicted molar refractivity (Wildman–Crippen MR) is 83.4 cm³/mol. The third kappa shape index (κ3) is 4.27. The normalized spacial score (nSPS) is 10.4. The van der Waals surface area contributed by atoms with Crippen LogP contribution in [0.5, 0.6) is 0 Å².